The van der Waals surface area contributed by atoms with Gasteiger partial charge in [-0.3, -0.25) is 4.72 Å². The number of methoxy groups -OCH3 is 1. The maximum absolute atomic E-state index is 12.8. The van der Waals surface area contributed by atoms with Gasteiger partial charge in [0.05, 0.1) is 23.6 Å². The quantitative estimate of drug-likeness (QED) is 0.914. The standard InChI is InChI=1S/C14H13ClFNO3S/c1-20-12-6-7-14(13(15)8-12)17-21(18,19)9-10-2-4-11(16)5-3-10/h2-8,17H,9H2,1H3. The van der Waals surface area contributed by atoms with Crippen LogP contribution in [0.1, 0.15) is 5.56 Å². The van der Waals surface area contributed by atoms with Crippen molar-refractivity contribution in [3.05, 3.63) is 58.9 Å². The van der Waals surface area contributed by atoms with E-state index in [0.29, 0.717) is 11.3 Å². The van der Waals surface area contributed by atoms with E-state index in [1.54, 1.807) is 6.07 Å². The smallest absolute Gasteiger partial charge is 0.236 e. The highest BCUT2D eigenvalue weighted by atomic mass is 35.5. The lowest BCUT2D eigenvalue weighted by molar-refractivity contribution is 0.415. The Morgan fingerprint density at radius 2 is 1.86 bits per heavy atom. The Balaban J connectivity index is 2.15. The monoisotopic (exact) mass is 329 g/mol. The first-order valence-corrected chi connectivity index (χ1v) is 8.01. The van der Waals surface area contributed by atoms with Gasteiger partial charge in [0.15, 0.2) is 0 Å². The molecule has 0 bridgehead atoms. The van der Waals surface area contributed by atoms with E-state index in [0.717, 1.165) is 0 Å². The molecule has 0 radical (unpaired) electrons. The fraction of sp³-hybridized carbons (Fsp3) is 0.143. The number of halogens is 2. The third-order valence-corrected chi connectivity index (χ3v) is 4.27. The summed E-state index contributed by atoms with van der Waals surface area (Å²) < 4.78 is 44.3. The maximum atomic E-state index is 12.8. The van der Waals surface area contributed by atoms with Crippen molar-refractivity contribution in [3.63, 3.8) is 0 Å². The Morgan fingerprint density at radius 3 is 2.43 bits per heavy atom. The minimum atomic E-state index is -3.64. The van der Waals surface area contributed by atoms with Crippen LogP contribution in [0.5, 0.6) is 5.75 Å². The maximum Gasteiger partial charge on any atom is 0.236 e. The van der Waals surface area contributed by atoms with Crippen LogP contribution in [0.25, 0.3) is 0 Å². The van der Waals surface area contributed by atoms with Crippen molar-refractivity contribution >= 4 is 27.3 Å². The lowest BCUT2D eigenvalue weighted by Crippen LogP contribution is -2.15. The number of benzene rings is 2. The first kappa shape index (κ1) is 15.6. The van der Waals surface area contributed by atoms with Crippen LogP contribution in [-0.4, -0.2) is 15.5 Å². The Hall–Kier alpha value is -1.79. The molecule has 0 aromatic heterocycles. The molecule has 0 atom stereocenters. The zero-order valence-electron chi connectivity index (χ0n) is 11.1. The van der Waals surface area contributed by atoms with Gasteiger partial charge >= 0.3 is 0 Å². The third kappa shape index (κ3) is 4.34. The average molecular weight is 330 g/mol. The van der Waals surface area contributed by atoms with Gasteiger partial charge in [0, 0.05) is 6.07 Å². The predicted octanol–water partition coefficient (Wildman–Crippen LogP) is 3.43. The minimum absolute atomic E-state index is 0.233. The van der Waals surface area contributed by atoms with Gasteiger partial charge in [-0.1, -0.05) is 23.7 Å². The molecule has 0 unspecified atom stereocenters. The minimum Gasteiger partial charge on any atom is -0.497 e. The molecule has 0 aliphatic heterocycles. The molecular weight excluding hydrogens is 317 g/mol. The molecule has 0 aliphatic rings. The number of hydrogen-bond donors (Lipinski definition) is 1. The lowest BCUT2D eigenvalue weighted by atomic mass is 10.2. The van der Waals surface area contributed by atoms with E-state index < -0.39 is 15.8 Å². The third-order valence-electron chi connectivity index (χ3n) is 2.71. The van der Waals surface area contributed by atoms with E-state index in [2.05, 4.69) is 4.72 Å². The van der Waals surface area contributed by atoms with Gasteiger partial charge in [-0.15, -0.1) is 0 Å². The van der Waals surface area contributed by atoms with Crippen LogP contribution in [-0.2, 0) is 15.8 Å². The summed E-state index contributed by atoms with van der Waals surface area (Å²) in [4.78, 5) is 0. The molecule has 2 aromatic rings. The van der Waals surface area contributed by atoms with Crippen molar-refractivity contribution in [2.45, 2.75) is 5.75 Å². The summed E-state index contributed by atoms with van der Waals surface area (Å²) in [6.07, 6.45) is 0. The second kappa shape index (κ2) is 6.32. The number of nitrogens with one attached hydrogen (secondary N) is 1. The van der Waals surface area contributed by atoms with Crippen molar-refractivity contribution < 1.29 is 17.5 Å². The Kier molecular flexibility index (Phi) is 4.69. The molecular formula is C14H13ClFNO3S. The van der Waals surface area contributed by atoms with Crippen LogP contribution < -0.4 is 9.46 Å². The van der Waals surface area contributed by atoms with Crippen LogP contribution >= 0.6 is 11.6 Å². The largest absolute Gasteiger partial charge is 0.497 e. The molecule has 0 aliphatic carbocycles. The molecule has 0 saturated heterocycles. The highest BCUT2D eigenvalue weighted by Crippen LogP contribution is 2.27. The molecule has 0 heterocycles. The molecule has 2 aromatic carbocycles. The summed E-state index contributed by atoms with van der Waals surface area (Å²) in [5.74, 6) is -0.154. The normalized spacial score (nSPS) is 11.2. The first-order chi connectivity index (χ1) is 9.89. The van der Waals surface area contributed by atoms with Crippen molar-refractivity contribution in [2.24, 2.45) is 0 Å². The number of hydrogen-bond acceptors (Lipinski definition) is 3. The van der Waals surface area contributed by atoms with E-state index >= 15 is 0 Å². The van der Waals surface area contributed by atoms with Crippen molar-refractivity contribution in [2.75, 3.05) is 11.8 Å². The second-order valence-corrected chi connectivity index (χ2v) is 6.46. The summed E-state index contributed by atoms with van der Waals surface area (Å²) in [5.41, 5.74) is 0.744. The highest BCUT2D eigenvalue weighted by Gasteiger charge is 2.14. The van der Waals surface area contributed by atoms with Crippen molar-refractivity contribution in [1.82, 2.24) is 0 Å². The summed E-state index contributed by atoms with van der Waals surface area (Å²) >= 11 is 5.98. The van der Waals surface area contributed by atoms with Crippen LogP contribution in [0, 0.1) is 5.82 Å². The molecule has 0 saturated carbocycles. The molecule has 4 nitrogen and oxygen atoms in total. The van der Waals surface area contributed by atoms with E-state index in [9.17, 15) is 12.8 Å². The van der Waals surface area contributed by atoms with E-state index in [1.165, 1.54) is 43.5 Å². The summed E-state index contributed by atoms with van der Waals surface area (Å²) in [5, 5.41) is 0.233. The van der Waals surface area contributed by atoms with Crippen molar-refractivity contribution in [1.29, 1.82) is 0 Å². The fourth-order valence-electron chi connectivity index (χ4n) is 1.71. The molecule has 0 amide bonds. The van der Waals surface area contributed by atoms with Gasteiger partial charge in [-0.25, -0.2) is 12.8 Å². The number of ether oxygens (including phenoxy) is 1. The summed E-state index contributed by atoms with van der Waals surface area (Å²) in [6, 6.07) is 9.90. The first-order valence-electron chi connectivity index (χ1n) is 5.98. The van der Waals surface area contributed by atoms with Gasteiger partial charge in [0.2, 0.25) is 10.0 Å². The number of rotatable bonds is 5. The van der Waals surface area contributed by atoms with E-state index in [1.807, 2.05) is 0 Å². The zero-order chi connectivity index (χ0) is 15.5. The number of anilines is 1. The van der Waals surface area contributed by atoms with Crippen LogP contribution in [0.4, 0.5) is 10.1 Å². The topological polar surface area (TPSA) is 55.4 Å². The Bertz CT molecular complexity index is 732. The fourth-order valence-corrected chi connectivity index (χ4v) is 3.20. The molecule has 112 valence electrons. The summed E-state index contributed by atoms with van der Waals surface area (Å²) in [6.45, 7) is 0. The Labute approximate surface area is 127 Å². The molecule has 21 heavy (non-hydrogen) atoms. The lowest BCUT2D eigenvalue weighted by Gasteiger charge is -2.10. The molecule has 7 heteroatoms. The molecule has 0 fully saturated rings. The average Bonchev–Trinajstić information content (AvgIpc) is 2.43. The second-order valence-electron chi connectivity index (χ2n) is 4.33. The van der Waals surface area contributed by atoms with Gasteiger partial charge in [-0.2, -0.15) is 0 Å². The van der Waals surface area contributed by atoms with Gasteiger partial charge in [0.25, 0.3) is 0 Å². The van der Waals surface area contributed by atoms with Gasteiger partial charge < -0.3 is 4.74 Å². The van der Waals surface area contributed by atoms with Crippen LogP contribution in [0.15, 0.2) is 42.5 Å². The zero-order valence-corrected chi connectivity index (χ0v) is 12.7. The summed E-state index contributed by atoms with van der Waals surface area (Å²) in [7, 11) is -2.15. The number of sulfonamides is 1. The molecule has 0 spiro atoms. The molecule has 2 rings (SSSR count). The molecule has 1 N–H and O–H groups in total. The SMILES string of the molecule is COc1ccc(NS(=O)(=O)Cc2ccc(F)cc2)c(Cl)c1. The highest BCUT2D eigenvalue weighted by molar-refractivity contribution is 7.91. The van der Waals surface area contributed by atoms with Crippen LogP contribution in [0.2, 0.25) is 5.02 Å². The van der Waals surface area contributed by atoms with Gasteiger partial charge in [0.1, 0.15) is 11.6 Å². The van der Waals surface area contributed by atoms with Crippen LogP contribution in [0.3, 0.4) is 0 Å². The predicted molar refractivity (Wildman–Crippen MR) is 80.7 cm³/mol. The van der Waals surface area contributed by atoms with Gasteiger partial charge in [-0.05, 0) is 29.8 Å². The van der Waals surface area contributed by atoms with Crippen molar-refractivity contribution in [3.8, 4) is 5.75 Å². The van der Waals surface area contributed by atoms with E-state index in [-0.39, 0.29) is 16.5 Å². The van der Waals surface area contributed by atoms with E-state index in [4.69, 9.17) is 16.3 Å². The Morgan fingerprint density at radius 1 is 1.19 bits per heavy atom.